The summed E-state index contributed by atoms with van der Waals surface area (Å²) in [6.07, 6.45) is -0.125. The molecule has 6 amide bonds. The quantitative estimate of drug-likeness (QED) is 0.0884. The van der Waals surface area contributed by atoms with E-state index >= 15 is 0 Å². The van der Waals surface area contributed by atoms with E-state index in [2.05, 4.69) is 21.3 Å². The Balaban J connectivity index is 1.74. The minimum absolute atomic E-state index is 0.0479. The van der Waals surface area contributed by atoms with Crippen LogP contribution in [0.4, 0.5) is 4.79 Å². The van der Waals surface area contributed by atoms with Gasteiger partial charge >= 0.3 is 6.09 Å². The van der Waals surface area contributed by atoms with Gasteiger partial charge in [-0.25, -0.2) is 9.69 Å². The minimum atomic E-state index is -1.32. The zero-order chi connectivity index (χ0) is 42.2. The number of hydrogen-bond acceptors (Lipinski definition) is 10. The highest BCUT2D eigenvalue weighted by Crippen LogP contribution is 2.48. The number of thioether (sulfide) groups is 1. The van der Waals surface area contributed by atoms with Crippen LogP contribution in [0.2, 0.25) is 0 Å². The Hall–Kier alpha value is -5.54. The van der Waals surface area contributed by atoms with E-state index in [9.17, 15) is 33.6 Å². The molecule has 306 valence electrons. The van der Waals surface area contributed by atoms with Crippen molar-refractivity contribution in [2.45, 2.75) is 76.4 Å². The molecule has 3 atom stereocenters. The Bertz CT molecular complexity index is 1730. The normalized spacial score (nSPS) is 13.0. The van der Waals surface area contributed by atoms with Crippen LogP contribution in [-0.4, -0.2) is 95.9 Å². The molecule has 14 nitrogen and oxygen atoms in total. The molecular weight excluding hydrogens is 749 g/mol. The summed E-state index contributed by atoms with van der Waals surface area (Å²) in [6.45, 7) is 8.46. The molecule has 0 aliphatic carbocycles. The summed E-state index contributed by atoms with van der Waals surface area (Å²) in [5, 5.41) is 9.59. The van der Waals surface area contributed by atoms with Crippen molar-refractivity contribution < 1.29 is 38.3 Å². The standard InChI is InChI=1S/C42H54N6O8S/c1-28(2)22-34(43)39(54)45-23-35(50)44-24-36(51)47-29(3)38(53)46-25-37(52)48(40(55)56-41(4,5)6)33(26-49)27-57-42(30-16-10-7-11-17-30,31-18-12-8-13-19-31)32-20-14-9-15-21-32/h7-21,26,28-29,33-34H,22-25,27,43H2,1-6H3,(H,44,50)(H,45,54)(H,46,53)(H,47,51)/t29-,33+,34-/m0/s1. The highest BCUT2D eigenvalue weighted by atomic mass is 32.2. The molecule has 0 saturated heterocycles. The molecule has 0 bridgehead atoms. The van der Waals surface area contributed by atoms with E-state index in [0.29, 0.717) is 17.6 Å². The van der Waals surface area contributed by atoms with Gasteiger partial charge in [0.25, 0.3) is 5.91 Å². The summed E-state index contributed by atoms with van der Waals surface area (Å²) in [5.41, 5.74) is 7.50. The minimum Gasteiger partial charge on any atom is -0.443 e. The number of carbonyl (C=O) groups excluding carboxylic acids is 7. The molecule has 6 N–H and O–H groups in total. The van der Waals surface area contributed by atoms with Gasteiger partial charge in [0.05, 0.1) is 30.4 Å². The lowest BCUT2D eigenvalue weighted by Gasteiger charge is -2.37. The number of hydrogen-bond donors (Lipinski definition) is 5. The molecule has 0 unspecified atom stereocenters. The predicted octanol–water partition coefficient (Wildman–Crippen LogP) is 3.27. The molecule has 3 aromatic rings. The molecule has 15 heteroatoms. The van der Waals surface area contributed by atoms with Gasteiger partial charge in [0.1, 0.15) is 24.0 Å². The van der Waals surface area contributed by atoms with Gasteiger partial charge in [0, 0.05) is 5.75 Å². The average Bonchev–Trinajstić information content (AvgIpc) is 3.18. The highest BCUT2D eigenvalue weighted by Gasteiger charge is 2.40. The molecule has 0 aromatic heterocycles. The summed E-state index contributed by atoms with van der Waals surface area (Å²) in [4.78, 5) is 90.7. The molecule has 0 saturated carbocycles. The second kappa shape index (κ2) is 21.7. The second-order valence-corrected chi connectivity index (χ2v) is 16.0. The largest absolute Gasteiger partial charge is 0.443 e. The molecule has 3 aromatic carbocycles. The fourth-order valence-electron chi connectivity index (χ4n) is 5.80. The van der Waals surface area contributed by atoms with Crippen molar-refractivity contribution in [3.8, 4) is 0 Å². The number of carbonyl (C=O) groups is 7. The first-order valence-corrected chi connectivity index (χ1v) is 19.6. The first-order valence-electron chi connectivity index (χ1n) is 18.7. The zero-order valence-electron chi connectivity index (χ0n) is 33.3. The van der Waals surface area contributed by atoms with Gasteiger partial charge in [-0.2, -0.15) is 0 Å². The molecule has 0 aliphatic rings. The van der Waals surface area contributed by atoms with Gasteiger partial charge in [0.2, 0.25) is 23.6 Å². The molecule has 0 aliphatic heterocycles. The monoisotopic (exact) mass is 802 g/mol. The molecular formula is C42H54N6O8S. The SMILES string of the molecule is CC(C)C[C@H](N)C(=O)NCC(=O)NCC(=O)N[C@@H](C)C(=O)NCC(=O)N(C(=O)OC(C)(C)C)[C@H](C=O)CSC(c1ccccc1)(c1ccccc1)c1ccccc1. The Morgan fingerprint density at radius 2 is 1.19 bits per heavy atom. The Morgan fingerprint density at radius 1 is 0.719 bits per heavy atom. The van der Waals surface area contributed by atoms with Crippen LogP contribution in [0.1, 0.15) is 64.7 Å². The van der Waals surface area contributed by atoms with Crippen molar-refractivity contribution in [2.24, 2.45) is 11.7 Å². The predicted molar refractivity (Wildman–Crippen MR) is 219 cm³/mol. The third-order valence-electron chi connectivity index (χ3n) is 8.48. The number of nitrogens with zero attached hydrogens (tertiary/aromatic N) is 1. The molecule has 3 rings (SSSR count). The third kappa shape index (κ3) is 13.9. The van der Waals surface area contributed by atoms with Crippen LogP contribution in [0.5, 0.6) is 0 Å². The van der Waals surface area contributed by atoms with E-state index in [1.165, 1.54) is 18.7 Å². The van der Waals surface area contributed by atoms with Crippen LogP contribution in [0, 0.1) is 5.92 Å². The van der Waals surface area contributed by atoms with Gasteiger partial charge < -0.3 is 36.5 Å². The van der Waals surface area contributed by atoms with E-state index < -0.39 is 83.7 Å². The molecule has 57 heavy (non-hydrogen) atoms. The first kappa shape index (κ1) is 45.8. The van der Waals surface area contributed by atoms with E-state index in [4.69, 9.17) is 10.5 Å². The zero-order valence-corrected chi connectivity index (χ0v) is 34.1. The number of nitrogens with one attached hydrogen (secondary N) is 4. The number of benzene rings is 3. The number of amides is 6. The average molecular weight is 803 g/mol. The van der Waals surface area contributed by atoms with Gasteiger partial charge in [-0.3, -0.25) is 24.0 Å². The number of nitrogens with two attached hydrogens (primary N) is 1. The molecule has 0 radical (unpaired) electrons. The smallest absolute Gasteiger partial charge is 0.417 e. The maximum absolute atomic E-state index is 13.8. The number of imide groups is 1. The van der Waals surface area contributed by atoms with Crippen LogP contribution in [0.25, 0.3) is 0 Å². The number of ether oxygens (including phenoxy) is 1. The van der Waals surface area contributed by atoms with E-state index in [1.807, 2.05) is 105 Å². The van der Waals surface area contributed by atoms with E-state index in [-0.39, 0.29) is 11.7 Å². The van der Waals surface area contributed by atoms with E-state index in [0.717, 1.165) is 16.7 Å². The lowest BCUT2D eigenvalue weighted by Crippen LogP contribution is -2.54. The molecule has 0 spiro atoms. The maximum Gasteiger partial charge on any atom is 0.417 e. The van der Waals surface area contributed by atoms with Crippen molar-refractivity contribution in [2.75, 3.05) is 25.4 Å². The van der Waals surface area contributed by atoms with Crippen molar-refractivity contribution in [1.82, 2.24) is 26.2 Å². The topological polar surface area (TPSA) is 206 Å². The summed E-state index contributed by atoms with van der Waals surface area (Å²) in [6, 6.07) is 25.8. The summed E-state index contributed by atoms with van der Waals surface area (Å²) in [5.74, 6) is -3.40. The Kier molecular flexibility index (Phi) is 17.4. The number of aldehydes is 1. The van der Waals surface area contributed by atoms with Crippen LogP contribution in [-0.2, 0) is 38.3 Å². The molecule has 0 heterocycles. The number of rotatable bonds is 19. The van der Waals surface area contributed by atoms with E-state index in [1.54, 1.807) is 20.8 Å². The highest BCUT2D eigenvalue weighted by molar-refractivity contribution is 8.00. The summed E-state index contributed by atoms with van der Waals surface area (Å²) in [7, 11) is 0. The van der Waals surface area contributed by atoms with Crippen LogP contribution < -0.4 is 27.0 Å². The van der Waals surface area contributed by atoms with Gasteiger partial charge in [-0.1, -0.05) is 105 Å². The van der Waals surface area contributed by atoms with Crippen molar-refractivity contribution in [1.29, 1.82) is 0 Å². The fourth-order valence-corrected chi connectivity index (χ4v) is 7.36. The van der Waals surface area contributed by atoms with Crippen molar-refractivity contribution >= 4 is 53.7 Å². The van der Waals surface area contributed by atoms with Crippen LogP contribution >= 0.6 is 11.8 Å². The summed E-state index contributed by atoms with van der Waals surface area (Å²) < 4.78 is 4.69. The Morgan fingerprint density at radius 3 is 1.65 bits per heavy atom. The summed E-state index contributed by atoms with van der Waals surface area (Å²) >= 11 is 1.37. The van der Waals surface area contributed by atoms with Gasteiger partial charge in [-0.15, -0.1) is 11.8 Å². The second-order valence-electron chi connectivity index (χ2n) is 14.8. The third-order valence-corrected chi connectivity index (χ3v) is 10.1. The lowest BCUT2D eigenvalue weighted by atomic mass is 9.84. The fraction of sp³-hybridized carbons (Fsp3) is 0.405. The van der Waals surface area contributed by atoms with Crippen LogP contribution in [0.15, 0.2) is 91.0 Å². The van der Waals surface area contributed by atoms with Gasteiger partial charge in [0.15, 0.2) is 0 Å². The van der Waals surface area contributed by atoms with Crippen molar-refractivity contribution in [3.05, 3.63) is 108 Å². The van der Waals surface area contributed by atoms with Crippen LogP contribution in [0.3, 0.4) is 0 Å². The van der Waals surface area contributed by atoms with Crippen molar-refractivity contribution in [3.63, 3.8) is 0 Å². The molecule has 0 fully saturated rings. The lowest BCUT2D eigenvalue weighted by molar-refractivity contribution is -0.136. The van der Waals surface area contributed by atoms with Gasteiger partial charge in [-0.05, 0) is 56.7 Å². The Labute approximate surface area is 338 Å². The first-order chi connectivity index (χ1) is 27.0. The maximum atomic E-state index is 13.8.